The lowest BCUT2D eigenvalue weighted by Gasteiger charge is -2.06. The molecule has 1 heterocycles. The minimum absolute atomic E-state index is 0.0863. The summed E-state index contributed by atoms with van der Waals surface area (Å²) in [6.45, 7) is 0.706. The van der Waals surface area contributed by atoms with Crippen LogP contribution in [0.2, 0.25) is 0 Å². The number of rotatable bonds is 5. The Bertz CT molecular complexity index is 284. The Labute approximate surface area is 84.3 Å². The summed E-state index contributed by atoms with van der Waals surface area (Å²) in [5.41, 5.74) is 8.01. The van der Waals surface area contributed by atoms with Crippen LogP contribution in [0, 0.1) is 0 Å². The molecule has 1 rings (SSSR count). The van der Waals surface area contributed by atoms with Crippen molar-refractivity contribution >= 4 is 0 Å². The summed E-state index contributed by atoms with van der Waals surface area (Å²) in [6, 6.07) is 1.93. The predicted octanol–water partition coefficient (Wildman–Crippen LogP) is 0.554. The molecule has 1 aromatic rings. The van der Waals surface area contributed by atoms with Crippen LogP contribution >= 0.6 is 0 Å². The molecule has 0 fully saturated rings. The van der Waals surface area contributed by atoms with Crippen LogP contribution in [-0.2, 0) is 18.4 Å². The zero-order chi connectivity index (χ0) is 10.6. The quantitative estimate of drug-likeness (QED) is 0.726. The number of aromatic nitrogens is 1. The van der Waals surface area contributed by atoms with Crippen molar-refractivity contribution in [2.45, 2.75) is 19.1 Å². The lowest BCUT2D eigenvalue weighted by atomic mass is 10.1. The molecule has 4 heteroatoms. The average molecular weight is 198 g/mol. The fraction of sp³-hybridized carbons (Fsp3) is 0.600. The van der Waals surface area contributed by atoms with E-state index in [1.54, 1.807) is 7.11 Å². The highest BCUT2D eigenvalue weighted by Gasteiger charge is 2.09. The number of aryl methyl sites for hydroxylation is 1. The maximum absolute atomic E-state index is 8.77. The molecule has 0 bridgehead atoms. The lowest BCUT2D eigenvalue weighted by Crippen LogP contribution is -2.10. The summed E-state index contributed by atoms with van der Waals surface area (Å²) in [5.74, 6) is 0. The molecule has 0 radical (unpaired) electrons. The van der Waals surface area contributed by atoms with Crippen LogP contribution < -0.4 is 5.73 Å². The van der Waals surface area contributed by atoms with Crippen molar-refractivity contribution in [2.75, 3.05) is 13.7 Å². The Hall–Kier alpha value is -0.840. The van der Waals surface area contributed by atoms with Crippen LogP contribution in [0.25, 0.3) is 0 Å². The van der Waals surface area contributed by atoms with Crippen LogP contribution in [0.5, 0.6) is 0 Å². The number of methoxy groups -OCH3 is 1. The van der Waals surface area contributed by atoms with Gasteiger partial charge < -0.3 is 20.1 Å². The highest BCUT2D eigenvalue weighted by atomic mass is 16.5. The van der Waals surface area contributed by atoms with Crippen molar-refractivity contribution in [3.63, 3.8) is 0 Å². The van der Waals surface area contributed by atoms with Crippen LogP contribution in [0.3, 0.4) is 0 Å². The van der Waals surface area contributed by atoms with Gasteiger partial charge in [0, 0.05) is 38.7 Å². The third-order valence-electron chi connectivity index (χ3n) is 2.29. The minimum atomic E-state index is -0.0863. The summed E-state index contributed by atoms with van der Waals surface area (Å²) in [7, 11) is 3.63. The molecule has 80 valence electrons. The summed E-state index contributed by atoms with van der Waals surface area (Å²) in [6.07, 6.45) is 2.57. The number of aliphatic hydroxyl groups excluding tert-OH is 1. The number of nitrogens with zero attached hydrogens (tertiary/aromatic N) is 1. The Morgan fingerprint density at radius 2 is 2.36 bits per heavy atom. The first kappa shape index (κ1) is 11.2. The molecule has 0 aliphatic carbocycles. The molecule has 0 saturated heterocycles. The number of hydrogen-bond acceptors (Lipinski definition) is 3. The van der Waals surface area contributed by atoms with Crippen LogP contribution in [-0.4, -0.2) is 23.4 Å². The van der Waals surface area contributed by atoms with Crippen molar-refractivity contribution in [1.29, 1.82) is 0 Å². The summed E-state index contributed by atoms with van der Waals surface area (Å²) >= 11 is 0. The molecule has 14 heavy (non-hydrogen) atoms. The molecular formula is C10H18N2O2. The normalized spacial score (nSPS) is 13.1. The number of nitrogens with two attached hydrogens (primary N) is 1. The van der Waals surface area contributed by atoms with E-state index < -0.39 is 0 Å². The number of hydrogen-bond donors (Lipinski definition) is 2. The third-order valence-corrected chi connectivity index (χ3v) is 2.29. The maximum Gasteiger partial charge on any atom is 0.0863 e. The maximum atomic E-state index is 8.77. The van der Waals surface area contributed by atoms with E-state index in [0.29, 0.717) is 13.0 Å². The molecule has 0 aliphatic heterocycles. The third kappa shape index (κ3) is 2.57. The first-order chi connectivity index (χ1) is 6.69. The Balaban J connectivity index is 2.74. The van der Waals surface area contributed by atoms with E-state index >= 15 is 0 Å². The second kappa shape index (κ2) is 5.14. The van der Waals surface area contributed by atoms with Gasteiger partial charge in [-0.3, -0.25) is 0 Å². The van der Waals surface area contributed by atoms with E-state index in [2.05, 4.69) is 0 Å². The Morgan fingerprint density at radius 3 is 2.93 bits per heavy atom. The second-order valence-electron chi connectivity index (χ2n) is 3.43. The topological polar surface area (TPSA) is 60.4 Å². The van der Waals surface area contributed by atoms with Gasteiger partial charge in [-0.05, 0) is 18.1 Å². The van der Waals surface area contributed by atoms with Gasteiger partial charge in [-0.25, -0.2) is 0 Å². The number of aliphatic hydroxyl groups is 1. The Kier molecular flexibility index (Phi) is 4.13. The fourth-order valence-corrected chi connectivity index (χ4v) is 1.44. The van der Waals surface area contributed by atoms with Gasteiger partial charge >= 0.3 is 0 Å². The van der Waals surface area contributed by atoms with E-state index in [0.717, 1.165) is 11.3 Å². The van der Waals surface area contributed by atoms with Crippen LogP contribution in [0.1, 0.15) is 23.7 Å². The molecule has 1 aromatic heterocycles. The molecular weight excluding hydrogens is 180 g/mol. The smallest absolute Gasteiger partial charge is 0.0863 e. The van der Waals surface area contributed by atoms with Crippen LogP contribution in [0.15, 0.2) is 12.3 Å². The van der Waals surface area contributed by atoms with Crippen molar-refractivity contribution in [3.8, 4) is 0 Å². The molecule has 0 saturated carbocycles. The van der Waals surface area contributed by atoms with Crippen molar-refractivity contribution < 1.29 is 9.84 Å². The average Bonchev–Trinajstić information content (AvgIpc) is 2.49. The fourth-order valence-electron chi connectivity index (χ4n) is 1.44. The highest BCUT2D eigenvalue weighted by Crippen LogP contribution is 2.17. The molecule has 1 atom stereocenters. The van der Waals surface area contributed by atoms with Gasteiger partial charge in [0.15, 0.2) is 0 Å². The molecule has 1 unspecified atom stereocenters. The van der Waals surface area contributed by atoms with Gasteiger partial charge in [0.2, 0.25) is 0 Å². The molecule has 4 nitrogen and oxygen atoms in total. The van der Waals surface area contributed by atoms with E-state index in [4.69, 9.17) is 15.6 Å². The lowest BCUT2D eigenvalue weighted by molar-refractivity contribution is 0.179. The molecule has 3 N–H and O–H groups in total. The molecule has 0 amide bonds. The number of ether oxygens (including phenoxy) is 1. The van der Waals surface area contributed by atoms with E-state index in [1.165, 1.54) is 0 Å². The van der Waals surface area contributed by atoms with Crippen molar-refractivity contribution in [2.24, 2.45) is 12.8 Å². The second-order valence-corrected chi connectivity index (χ2v) is 3.43. The van der Waals surface area contributed by atoms with Crippen molar-refractivity contribution in [1.82, 2.24) is 4.57 Å². The Morgan fingerprint density at radius 1 is 1.64 bits per heavy atom. The molecule has 0 aromatic carbocycles. The van der Waals surface area contributed by atoms with E-state index in [9.17, 15) is 0 Å². The highest BCUT2D eigenvalue weighted by molar-refractivity contribution is 5.21. The summed E-state index contributed by atoms with van der Waals surface area (Å²) in [5, 5.41) is 8.77. The van der Waals surface area contributed by atoms with E-state index in [-0.39, 0.29) is 12.6 Å². The first-order valence-corrected chi connectivity index (χ1v) is 4.69. The summed E-state index contributed by atoms with van der Waals surface area (Å²) < 4.78 is 7.05. The molecule has 0 aliphatic rings. The minimum Gasteiger partial charge on any atom is -0.396 e. The van der Waals surface area contributed by atoms with Gasteiger partial charge in [-0.15, -0.1) is 0 Å². The van der Waals surface area contributed by atoms with Crippen molar-refractivity contribution in [3.05, 3.63) is 23.5 Å². The van der Waals surface area contributed by atoms with E-state index in [1.807, 2.05) is 23.9 Å². The standard InChI is InChI=1S/C10H18N2O2/c1-12-6-8(10(11)3-4-13)5-9(12)7-14-2/h5-6,10,13H,3-4,7,11H2,1-2H3. The van der Waals surface area contributed by atoms with Gasteiger partial charge in [0.1, 0.15) is 0 Å². The zero-order valence-electron chi connectivity index (χ0n) is 8.73. The van der Waals surface area contributed by atoms with Crippen LogP contribution in [0.4, 0.5) is 0 Å². The van der Waals surface area contributed by atoms with Gasteiger partial charge in [0.05, 0.1) is 6.61 Å². The zero-order valence-corrected chi connectivity index (χ0v) is 8.73. The SMILES string of the molecule is COCc1cc(C(N)CCO)cn1C. The summed E-state index contributed by atoms with van der Waals surface area (Å²) in [4.78, 5) is 0. The molecule has 0 spiro atoms. The first-order valence-electron chi connectivity index (χ1n) is 4.69. The monoisotopic (exact) mass is 198 g/mol. The van der Waals surface area contributed by atoms with Gasteiger partial charge in [-0.2, -0.15) is 0 Å². The van der Waals surface area contributed by atoms with Gasteiger partial charge in [0.25, 0.3) is 0 Å². The predicted molar refractivity (Wildman–Crippen MR) is 54.8 cm³/mol. The largest absolute Gasteiger partial charge is 0.396 e. The van der Waals surface area contributed by atoms with Gasteiger partial charge in [-0.1, -0.05) is 0 Å².